The third-order valence-corrected chi connectivity index (χ3v) is 3.95. The second-order valence-corrected chi connectivity index (χ2v) is 5.43. The van der Waals surface area contributed by atoms with Crippen LogP contribution in [0.5, 0.6) is 0 Å². The quantitative estimate of drug-likeness (QED) is 0.640. The standard InChI is InChI=1S/C15H10Cl3NO3/c1-22-15(21)8-2-4-9(5-3-8)19-14(20)12-10(16)6-7-11(17)13(12)18/h2-7H,1H3,(H,19,20). The predicted molar refractivity (Wildman–Crippen MR) is 87.2 cm³/mol. The Morgan fingerprint density at radius 1 is 0.955 bits per heavy atom. The highest BCUT2D eigenvalue weighted by atomic mass is 35.5. The van der Waals surface area contributed by atoms with Gasteiger partial charge in [-0.3, -0.25) is 4.79 Å². The molecule has 22 heavy (non-hydrogen) atoms. The van der Waals surface area contributed by atoms with Gasteiger partial charge in [-0.05, 0) is 36.4 Å². The Balaban J connectivity index is 2.23. The Kier molecular flexibility index (Phi) is 5.29. The fourth-order valence-corrected chi connectivity index (χ4v) is 2.44. The highest BCUT2D eigenvalue weighted by Crippen LogP contribution is 2.31. The molecule has 0 atom stereocenters. The van der Waals surface area contributed by atoms with Gasteiger partial charge in [0.15, 0.2) is 0 Å². The molecule has 0 bridgehead atoms. The van der Waals surface area contributed by atoms with Crippen LogP contribution in [-0.2, 0) is 4.74 Å². The van der Waals surface area contributed by atoms with Gasteiger partial charge in [-0.2, -0.15) is 0 Å². The summed E-state index contributed by atoms with van der Waals surface area (Å²) < 4.78 is 4.60. The average Bonchev–Trinajstić information content (AvgIpc) is 2.51. The molecule has 0 aliphatic heterocycles. The summed E-state index contributed by atoms with van der Waals surface area (Å²) in [5.74, 6) is -0.956. The van der Waals surface area contributed by atoms with E-state index in [1.165, 1.54) is 31.4 Å². The lowest BCUT2D eigenvalue weighted by Gasteiger charge is -2.10. The van der Waals surface area contributed by atoms with E-state index in [0.717, 1.165) is 0 Å². The highest BCUT2D eigenvalue weighted by molar-refractivity contribution is 6.46. The Morgan fingerprint density at radius 2 is 1.55 bits per heavy atom. The summed E-state index contributed by atoms with van der Waals surface area (Å²) in [6.07, 6.45) is 0. The minimum atomic E-state index is -0.497. The number of carbonyl (C=O) groups is 2. The molecule has 0 radical (unpaired) electrons. The van der Waals surface area contributed by atoms with Gasteiger partial charge in [0.25, 0.3) is 5.91 Å². The van der Waals surface area contributed by atoms with Gasteiger partial charge in [-0.25, -0.2) is 4.79 Å². The smallest absolute Gasteiger partial charge is 0.337 e. The summed E-state index contributed by atoms with van der Waals surface area (Å²) >= 11 is 17.9. The van der Waals surface area contributed by atoms with Crippen LogP contribution >= 0.6 is 34.8 Å². The number of esters is 1. The third kappa shape index (κ3) is 3.53. The van der Waals surface area contributed by atoms with Crippen LogP contribution in [-0.4, -0.2) is 19.0 Å². The number of nitrogens with one attached hydrogen (secondary N) is 1. The van der Waals surface area contributed by atoms with Crippen molar-refractivity contribution < 1.29 is 14.3 Å². The number of anilines is 1. The van der Waals surface area contributed by atoms with E-state index in [1.807, 2.05) is 0 Å². The first-order valence-corrected chi connectivity index (χ1v) is 7.20. The average molecular weight is 359 g/mol. The van der Waals surface area contributed by atoms with Crippen LogP contribution in [0.1, 0.15) is 20.7 Å². The number of ether oxygens (including phenoxy) is 1. The molecule has 1 N–H and O–H groups in total. The Morgan fingerprint density at radius 3 is 2.14 bits per heavy atom. The number of hydrogen-bond acceptors (Lipinski definition) is 3. The van der Waals surface area contributed by atoms with Gasteiger partial charge in [0.2, 0.25) is 0 Å². The van der Waals surface area contributed by atoms with Crippen molar-refractivity contribution in [1.82, 2.24) is 0 Å². The molecule has 0 saturated heterocycles. The molecule has 0 unspecified atom stereocenters. The van der Waals surface area contributed by atoms with E-state index in [2.05, 4.69) is 10.1 Å². The van der Waals surface area contributed by atoms with E-state index in [1.54, 1.807) is 12.1 Å². The molecule has 0 saturated carbocycles. The van der Waals surface area contributed by atoms with Crippen LogP contribution in [0.4, 0.5) is 5.69 Å². The normalized spacial score (nSPS) is 10.2. The monoisotopic (exact) mass is 357 g/mol. The molecule has 7 heteroatoms. The van der Waals surface area contributed by atoms with Gasteiger partial charge in [-0.1, -0.05) is 34.8 Å². The molecule has 2 aromatic rings. The SMILES string of the molecule is COC(=O)c1ccc(NC(=O)c2c(Cl)ccc(Cl)c2Cl)cc1. The molecule has 0 aliphatic rings. The van der Waals surface area contributed by atoms with Crippen molar-refractivity contribution in [2.75, 3.05) is 12.4 Å². The van der Waals surface area contributed by atoms with E-state index in [9.17, 15) is 9.59 Å². The largest absolute Gasteiger partial charge is 0.465 e. The molecule has 0 aromatic heterocycles. The van der Waals surface area contributed by atoms with Crippen molar-refractivity contribution in [2.45, 2.75) is 0 Å². The topological polar surface area (TPSA) is 55.4 Å². The lowest BCUT2D eigenvalue weighted by atomic mass is 10.1. The summed E-state index contributed by atoms with van der Waals surface area (Å²) in [5, 5.41) is 3.14. The molecule has 0 spiro atoms. The number of hydrogen-bond donors (Lipinski definition) is 1. The molecule has 0 fully saturated rings. The molecular weight excluding hydrogens is 349 g/mol. The summed E-state index contributed by atoms with van der Waals surface area (Å²) in [4.78, 5) is 23.6. The van der Waals surface area contributed by atoms with Crippen LogP contribution in [0, 0.1) is 0 Å². The highest BCUT2D eigenvalue weighted by Gasteiger charge is 2.17. The van der Waals surface area contributed by atoms with Crippen molar-refractivity contribution in [2.24, 2.45) is 0 Å². The van der Waals surface area contributed by atoms with Crippen LogP contribution in [0.15, 0.2) is 36.4 Å². The number of benzene rings is 2. The van der Waals surface area contributed by atoms with Gasteiger partial charge >= 0.3 is 5.97 Å². The van der Waals surface area contributed by atoms with E-state index in [4.69, 9.17) is 34.8 Å². The molecule has 1 amide bonds. The first kappa shape index (κ1) is 16.6. The van der Waals surface area contributed by atoms with E-state index in [-0.39, 0.29) is 20.6 Å². The van der Waals surface area contributed by atoms with Crippen molar-refractivity contribution >= 4 is 52.4 Å². The first-order valence-electron chi connectivity index (χ1n) is 6.07. The van der Waals surface area contributed by atoms with E-state index >= 15 is 0 Å². The molecule has 2 rings (SSSR count). The van der Waals surface area contributed by atoms with Crippen molar-refractivity contribution in [3.63, 3.8) is 0 Å². The van der Waals surface area contributed by atoms with Gasteiger partial charge in [0.05, 0.1) is 33.3 Å². The maximum absolute atomic E-state index is 12.3. The lowest BCUT2D eigenvalue weighted by molar-refractivity contribution is 0.0600. The van der Waals surface area contributed by atoms with Crippen LogP contribution in [0.2, 0.25) is 15.1 Å². The Hall–Kier alpha value is -1.75. The molecule has 0 aliphatic carbocycles. The molecule has 0 heterocycles. The third-order valence-electron chi connectivity index (χ3n) is 2.83. The number of rotatable bonds is 3. The zero-order valence-corrected chi connectivity index (χ0v) is 13.6. The summed E-state index contributed by atoms with van der Waals surface area (Å²) in [6.45, 7) is 0. The molecule has 2 aromatic carbocycles. The van der Waals surface area contributed by atoms with E-state index in [0.29, 0.717) is 11.3 Å². The van der Waals surface area contributed by atoms with Gasteiger partial charge in [-0.15, -0.1) is 0 Å². The number of methoxy groups -OCH3 is 1. The van der Waals surface area contributed by atoms with E-state index < -0.39 is 11.9 Å². The maximum atomic E-state index is 12.3. The molecule has 4 nitrogen and oxygen atoms in total. The summed E-state index contributed by atoms with van der Waals surface area (Å²) in [7, 11) is 1.29. The minimum Gasteiger partial charge on any atom is -0.465 e. The lowest BCUT2D eigenvalue weighted by Crippen LogP contribution is -2.13. The Labute approximate surface area is 141 Å². The number of halogens is 3. The zero-order valence-electron chi connectivity index (χ0n) is 11.3. The van der Waals surface area contributed by atoms with Crippen LogP contribution in [0.25, 0.3) is 0 Å². The molecular formula is C15H10Cl3NO3. The van der Waals surface area contributed by atoms with Gasteiger partial charge in [0.1, 0.15) is 0 Å². The van der Waals surface area contributed by atoms with Crippen molar-refractivity contribution in [3.05, 3.63) is 62.6 Å². The second-order valence-electron chi connectivity index (χ2n) is 4.24. The predicted octanol–water partition coefficient (Wildman–Crippen LogP) is 4.69. The summed E-state index contributed by atoms with van der Waals surface area (Å²) in [6, 6.07) is 9.19. The first-order chi connectivity index (χ1) is 10.4. The zero-order chi connectivity index (χ0) is 16.3. The fraction of sp³-hybridized carbons (Fsp3) is 0.0667. The summed E-state index contributed by atoms with van der Waals surface area (Å²) in [5.41, 5.74) is 0.942. The maximum Gasteiger partial charge on any atom is 0.337 e. The Bertz CT molecular complexity index is 730. The fourth-order valence-electron chi connectivity index (χ4n) is 1.74. The molecule has 114 valence electrons. The van der Waals surface area contributed by atoms with Crippen LogP contribution < -0.4 is 5.32 Å². The number of amides is 1. The minimum absolute atomic E-state index is 0.0813. The number of carbonyl (C=O) groups excluding carboxylic acids is 2. The van der Waals surface area contributed by atoms with Gasteiger partial charge < -0.3 is 10.1 Å². The second kappa shape index (κ2) is 7.01. The van der Waals surface area contributed by atoms with Crippen molar-refractivity contribution in [1.29, 1.82) is 0 Å². The van der Waals surface area contributed by atoms with Crippen LogP contribution in [0.3, 0.4) is 0 Å². The van der Waals surface area contributed by atoms with Gasteiger partial charge in [0, 0.05) is 5.69 Å². The van der Waals surface area contributed by atoms with Crippen molar-refractivity contribution in [3.8, 4) is 0 Å².